The fraction of sp³-hybridized carbons (Fsp3) is 0.333. The lowest BCUT2D eigenvalue weighted by Crippen LogP contribution is -2.31. The Bertz CT molecular complexity index is 288. The van der Waals surface area contributed by atoms with Crippen molar-refractivity contribution in [1.29, 1.82) is 0 Å². The lowest BCUT2D eigenvalue weighted by atomic mass is 10.1. The second-order valence-corrected chi connectivity index (χ2v) is 2.62. The third-order valence-corrected chi connectivity index (χ3v) is 1.62. The van der Waals surface area contributed by atoms with Crippen LogP contribution in [0.25, 0.3) is 0 Å². The highest BCUT2D eigenvalue weighted by atomic mass is 16.3. The SMILES string of the molecule is CCNNC1=CC(=C=O)C(O)C=C1. The minimum atomic E-state index is -0.829. The number of allylic oxidation sites excluding steroid dienone is 1. The summed E-state index contributed by atoms with van der Waals surface area (Å²) in [7, 11) is 0. The summed E-state index contributed by atoms with van der Waals surface area (Å²) >= 11 is 0. The molecule has 1 aliphatic rings. The molecule has 1 atom stereocenters. The van der Waals surface area contributed by atoms with Gasteiger partial charge >= 0.3 is 0 Å². The van der Waals surface area contributed by atoms with Crippen LogP contribution in [0.15, 0.2) is 29.5 Å². The molecule has 0 bridgehead atoms. The van der Waals surface area contributed by atoms with Crippen molar-refractivity contribution in [1.82, 2.24) is 10.9 Å². The molecule has 0 aliphatic heterocycles. The van der Waals surface area contributed by atoms with Gasteiger partial charge in [-0.2, -0.15) is 0 Å². The summed E-state index contributed by atoms with van der Waals surface area (Å²) in [5.41, 5.74) is 6.73. The summed E-state index contributed by atoms with van der Waals surface area (Å²) in [6.45, 7) is 2.72. The van der Waals surface area contributed by atoms with E-state index in [0.29, 0.717) is 0 Å². The number of hydrazine groups is 1. The Hall–Kier alpha value is -1.35. The zero-order valence-corrected chi connectivity index (χ0v) is 7.37. The van der Waals surface area contributed by atoms with Crippen molar-refractivity contribution in [3.63, 3.8) is 0 Å². The lowest BCUT2D eigenvalue weighted by Gasteiger charge is -2.13. The first-order chi connectivity index (χ1) is 6.27. The number of aliphatic hydroxyl groups excluding tert-OH is 1. The normalized spacial score (nSPS) is 20.9. The van der Waals surface area contributed by atoms with Crippen LogP contribution < -0.4 is 10.9 Å². The van der Waals surface area contributed by atoms with Crippen molar-refractivity contribution in [2.45, 2.75) is 13.0 Å². The third kappa shape index (κ3) is 2.56. The molecule has 1 aliphatic carbocycles. The Morgan fingerprint density at radius 3 is 3.08 bits per heavy atom. The molecule has 3 N–H and O–H groups in total. The van der Waals surface area contributed by atoms with E-state index in [1.807, 2.05) is 6.92 Å². The van der Waals surface area contributed by atoms with E-state index < -0.39 is 6.10 Å². The first-order valence-electron chi connectivity index (χ1n) is 4.09. The second-order valence-electron chi connectivity index (χ2n) is 2.62. The van der Waals surface area contributed by atoms with Crippen molar-refractivity contribution >= 4 is 5.94 Å². The van der Waals surface area contributed by atoms with Crippen LogP contribution in [0.1, 0.15) is 6.92 Å². The molecule has 0 spiro atoms. The summed E-state index contributed by atoms with van der Waals surface area (Å²) < 4.78 is 0. The van der Waals surface area contributed by atoms with E-state index >= 15 is 0 Å². The molecule has 0 radical (unpaired) electrons. The molecule has 0 amide bonds. The summed E-state index contributed by atoms with van der Waals surface area (Å²) in [4.78, 5) is 10.3. The molecular weight excluding hydrogens is 168 g/mol. The molecule has 0 heterocycles. The molecular formula is C9H12N2O2. The third-order valence-electron chi connectivity index (χ3n) is 1.62. The molecule has 4 heteroatoms. The predicted molar refractivity (Wildman–Crippen MR) is 49.2 cm³/mol. The van der Waals surface area contributed by atoms with Crippen molar-refractivity contribution in [3.05, 3.63) is 29.5 Å². The zero-order valence-electron chi connectivity index (χ0n) is 7.37. The van der Waals surface area contributed by atoms with Gasteiger partial charge in [0, 0.05) is 12.2 Å². The monoisotopic (exact) mass is 180 g/mol. The number of hydrogen-bond donors (Lipinski definition) is 3. The molecule has 0 aromatic carbocycles. The maximum atomic E-state index is 10.3. The van der Waals surface area contributed by atoms with E-state index in [-0.39, 0.29) is 5.57 Å². The molecule has 0 saturated carbocycles. The highest BCUT2D eigenvalue weighted by molar-refractivity contribution is 5.62. The summed E-state index contributed by atoms with van der Waals surface area (Å²) in [6, 6.07) is 0. The maximum Gasteiger partial charge on any atom is 0.131 e. The number of carbonyl (C=O) groups excluding carboxylic acids is 1. The van der Waals surface area contributed by atoms with Crippen molar-refractivity contribution < 1.29 is 9.90 Å². The largest absolute Gasteiger partial charge is 0.384 e. The smallest absolute Gasteiger partial charge is 0.131 e. The van der Waals surface area contributed by atoms with Gasteiger partial charge in [-0.25, -0.2) is 10.2 Å². The van der Waals surface area contributed by atoms with Crippen LogP contribution in [-0.2, 0) is 4.79 Å². The lowest BCUT2D eigenvalue weighted by molar-refractivity contribution is 0.262. The van der Waals surface area contributed by atoms with E-state index in [4.69, 9.17) is 0 Å². The summed E-state index contributed by atoms with van der Waals surface area (Å²) in [6.07, 6.45) is 3.96. The van der Waals surface area contributed by atoms with Gasteiger partial charge in [0.1, 0.15) is 12.0 Å². The van der Waals surface area contributed by atoms with E-state index in [9.17, 15) is 9.90 Å². The Balaban J connectivity index is 2.68. The minimum absolute atomic E-state index is 0.239. The molecule has 1 rings (SSSR count). The molecule has 4 nitrogen and oxygen atoms in total. The van der Waals surface area contributed by atoms with E-state index in [1.165, 1.54) is 6.08 Å². The van der Waals surface area contributed by atoms with Crippen LogP contribution in [0.4, 0.5) is 0 Å². The maximum absolute atomic E-state index is 10.3. The van der Waals surface area contributed by atoms with E-state index in [2.05, 4.69) is 10.9 Å². The minimum Gasteiger partial charge on any atom is -0.384 e. The van der Waals surface area contributed by atoms with E-state index in [0.717, 1.165) is 12.2 Å². The Morgan fingerprint density at radius 1 is 1.69 bits per heavy atom. The first kappa shape index (κ1) is 9.74. The Morgan fingerprint density at radius 2 is 2.46 bits per heavy atom. The van der Waals surface area contributed by atoms with Gasteiger partial charge in [0.05, 0.1) is 5.57 Å². The molecule has 0 aromatic rings. The van der Waals surface area contributed by atoms with Crippen molar-refractivity contribution in [3.8, 4) is 0 Å². The van der Waals surface area contributed by atoms with Crippen molar-refractivity contribution in [2.24, 2.45) is 0 Å². The first-order valence-corrected chi connectivity index (χ1v) is 4.09. The van der Waals surface area contributed by atoms with Gasteiger partial charge in [0.25, 0.3) is 0 Å². The van der Waals surface area contributed by atoms with Gasteiger partial charge in [-0.05, 0) is 18.2 Å². The number of nitrogens with one attached hydrogen (secondary N) is 2. The van der Waals surface area contributed by atoms with Gasteiger partial charge in [-0.15, -0.1) is 0 Å². The van der Waals surface area contributed by atoms with Gasteiger partial charge in [-0.1, -0.05) is 6.92 Å². The quantitative estimate of drug-likeness (QED) is 0.411. The van der Waals surface area contributed by atoms with Crippen LogP contribution in [0.2, 0.25) is 0 Å². The molecule has 0 aromatic heterocycles. The number of hydrogen-bond acceptors (Lipinski definition) is 4. The van der Waals surface area contributed by atoms with Crippen molar-refractivity contribution in [2.75, 3.05) is 6.54 Å². The zero-order chi connectivity index (χ0) is 9.68. The molecule has 1 unspecified atom stereocenters. The highest BCUT2D eigenvalue weighted by Gasteiger charge is 2.11. The predicted octanol–water partition coefficient (Wildman–Crippen LogP) is -0.327. The van der Waals surface area contributed by atoms with Gasteiger partial charge in [0.15, 0.2) is 0 Å². The van der Waals surface area contributed by atoms with Crippen LogP contribution >= 0.6 is 0 Å². The van der Waals surface area contributed by atoms with Crippen LogP contribution in [0.5, 0.6) is 0 Å². The summed E-state index contributed by atoms with van der Waals surface area (Å²) in [5, 5.41) is 9.23. The average Bonchev–Trinajstić information content (AvgIpc) is 2.16. The number of aliphatic hydroxyl groups is 1. The van der Waals surface area contributed by atoms with Gasteiger partial charge < -0.3 is 10.5 Å². The average molecular weight is 180 g/mol. The van der Waals surface area contributed by atoms with Gasteiger partial charge in [0.2, 0.25) is 0 Å². The fourth-order valence-electron chi connectivity index (χ4n) is 0.958. The van der Waals surface area contributed by atoms with E-state index in [1.54, 1.807) is 18.1 Å². The van der Waals surface area contributed by atoms with Crippen LogP contribution in [-0.4, -0.2) is 23.7 Å². The molecule has 0 fully saturated rings. The fourth-order valence-corrected chi connectivity index (χ4v) is 0.958. The van der Waals surface area contributed by atoms with Gasteiger partial charge in [-0.3, -0.25) is 0 Å². The highest BCUT2D eigenvalue weighted by Crippen LogP contribution is 2.11. The molecule has 13 heavy (non-hydrogen) atoms. The standard InChI is InChI=1S/C9H12N2O2/c1-2-10-11-8-3-4-9(13)7(5-8)6-12/h3-5,9-11,13H,2H2,1H3. The summed E-state index contributed by atoms with van der Waals surface area (Å²) in [5.74, 6) is 1.68. The number of rotatable bonds is 3. The topological polar surface area (TPSA) is 61.4 Å². The second kappa shape index (κ2) is 4.62. The molecule has 70 valence electrons. The van der Waals surface area contributed by atoms with Crippen LogP contribution in [0.3, 0.4) is 0 Å². The van der Waals surface area contributed by atoms with Crippen LogP contribution in [0, 0.1) is 0 Å². The Labute approximate surface area is 76.6 Å². The Kier molecular flexibility index (Phi) is 3.46. The molecule has 0 saturated heterocycles.